The van der Waals surface area contributed by atoms with E-state index in [1.54, 1.807) is 0 Å². The number of H-pyrrole nitrogens is 1. The van der Waals surface area contributed by atoms with Gasteiger partial charge in [-0.2, -0.15) is 5.16 Å². The Hall–Kier alpha value is -1.55. The summed E-state index contributed by atoms with van der Waals surface area (Å²) in [6.45, 7) is 5.51. The van der Waals surface area contributed by atoms with Gasteiger partial charge in [-0.3, -0.25) is 9.69 Å². The SMILES string of the molecule is CC1CCN(Cc2ccc3o[nH]c(=O)c3c2)C1. The number of benzene rings is 1. The fraction of sp³-hybridized carbons (Fsp3) is 0.462. The molecular weight excluding hydrogens is 216 g/mol. The number of likely N-dealkylation sites (tertiary alicyclic amines) is 1. The number of hydrogen-bond donors (Lipinski definition) is 1. The molecule has 1 fully saturated rings. The van der Waals surface area contributed by atoms with Gasteiger partial charge in [-0.15, -0.1) is 0 Å². The molecule has 0 amide bonds. The highest BCUT2D eigenvalue weighted by Crippen LogP contribution is 2.19. The summed E-state index contributed by atoms with van der Waals surface area (Å²) in [4.78, 5) is 13.9. The number of rotatable bonds is 2. The lowest BCUT2D eigenvalue weighted by molar-refractivity contribution is 0.320. The molecule has 4 heteroatoms. The van der Waals surface area contributed by atoms with Gasteiger partial charge >= 0.3 is 0 Å². The van der Waals surface area contributed by atoms with E-state index in [1.165, 1.54) is 12.0 Å². The molecule has 0 radical (unpaired) electrons. The Kier molecular flexibility index (Phi) is 2.52. The second kappa shape index (κ2) is 4.04. The Labute approximate surface area is 99.2 Å². The summed E-state index contributed by atoms with van der Waals surface area (Å²) in [5.41, 5.74) is 1.67. The van der Waals surface area contributed by atoms with Crippen LogP contribution < -0.4 is 5.56 Å². The minimum atomic E-state index is -0.142. The third-order valence-corrected chi connectivity index (χ3v) is 3.46. The number of fused-ring (bicyclic) bond motifs is 1. The zero-order valence-corrected chi connectivity index (χ0v) is 9.90. The third kappa shape index (κ3) is 2.00. The van der Waals surface area contributed by atoms with Crippen LogP contribution in [0.3, 0.4) is 0 Å². The van der Waals surface area contributed by atoms with Gasteiger partial charge in [-0.1, -0.05) is 13.0 Å². The van der Waals surface area contributed by atoms with Crippen molar-refractivity contribution in [2.45, 2.75) is 19.9 Å². The molecular formula is C13H16N2O2. The van der Waals surface area contributed by atoms with Crippen LogP contribution in [0, 0.1) is 5.92 Å². The van der Waals surface area contributed by atoms with Crippen molar-refractivity contribution >= 4 is 11.0 Å². The minimum Gasteiger partial charge on any atom is -0.378 e. The highest BCUT2D eigenvalue weighted by atomic mass is 16.5. The topological polar surface area (TPSA) is 49.2 Å². The molecule has 0 spiro atoms. The average Bonchev–Trinajstić information content (AvgIpc) is 2.87. The molecule has 2 aromatic rings. The van der Waals surface area contributed by atoms with Crippen molar-refractivity contribution in [3.8, 4) is 0 Å². The molecule has 0 saturated carbocycles. The van der Waals surface area contributed by atoms with Crippen LogP contribution in [-0.2, 0) is 6.54 Å². The van der Waals surface area contributed by atoms with E-state index < -0.39 is 0 Å². The molecule has 1 aliphatic rings. The molecule has 1 N–H and O–H groups in total. The zero-order valence-electron chi connectivity index (χ0n) is 9.90. The molecule has 0 aliphatic carbocycles. The number of nitrogens with zero attached hydrogens (tertiary/aromatic N) is 1. The maximum absolute atomic E-state index is 11.5. The van der Waals surface area contributed by atoms with Gasteiger partial charge in [0, 0.05) is 13.1 Å². The van der Waals surface area contributed by atoms with Gasteiger partial charge in [0.1, 0.15) is 0 Å². The van der Waals surface area contributed by atoms with Crippen molar-refractivity contribution in [2.75, 3.05) is 13.1 Å². The Morgan fingerprint density at radius 3 is 3.18 bits per heavy atom. The summed E-state index contributed by atoms with van der Waals surface area (Å²) in [7, 11) is 0. The second-order valence-corrected chi connectivity index (χ2v) is 4.99. The lowest BCUT2D eigenvalue weighted by Crippen LogP contribution is -2.19. The van der Waals surface area contributed by atoms with Crippen LogP contribution in [-0.4, -0.2) is 23.1 Å². The van der Waals surface area contributed by atoms with Crippen LogP contribution in [0.25, 0.3) is 11.0 Å². The fourth-order valence-electron chi connectivity index (χ4n) is 2.53. The molecule has 2 heterocycles. The highest BCUT2D eigenvalue weighted by Gasteiger charge is 2.18. The van der Waals surface area contributed by atoms with E-state index in [-0.39, 0.29) is 5.56 Å². The summed E-state index contributed by atoms with van der Waals surface area (Å²) in [6, 6.07) is 5.82. The first-order chi connectivity index (χ1) is 8.22. The first-order valence-electron chi connectivity index (χ1n) is 6.05. The van der Waals surface area contributed by atoms with Crippen LogP contribution in [0.4, 0.5) is 0 Å². The van der Waals surface area contributed by atoms with Gasteiger partial charge in [0.2, 0.25) is 0 Å². The Morgan fingerprint density at radius 1 is 1.53 bits per heavy atom. The van der Waals surface area contributed by atoms with E-state index in [4.69, 9.17) is 4.52 Å². The van der Waals surface area contributed by atoms with E-state index in [2.05, 4.69) is 17.0 Å². The largest absolute Gasteiger partial charge is 0.378 e. The number of hydrogen-bond acceptors (Lipinski definition) is 3. The van der Waals surface area contributed by atoms with E-state index in [0.717, 1.165) is 25.6 Å². The van der Waals surface area contributed by atoms with Gasteiger partial charge in [0.25, 0.3) is 5.56 Å². The second-order valence-electron chi connectivity index (χ2n) is 4.99. The normalized spacial score (nSPS) is 21.4. The zero-order chi connectivity index (χ0) is 11.8. The molecule has 1 aromatic heterocycles. The predicted octanol–water partition coefficient (Wildman–Crippen LogP) is 1.96. The maximum Gasteiger partial charge on any atom is 0.287 e. The molecule has 1 saturated heterocycles. The van der Waals surface area contributed by atoms with Crippen molar-refractivity contribution in [1.82, 2.24) is 10.1 Å². The summed E-state index contributed by atoms with van der Waals surface area (Å²) in [5, 5.41) is 3.01. The Morgan fingerprint density at radius 2 is 2.41 bits per heavy atom. The van der Waals surface area contributed by atoms with Gasteiger partial charge in [-0.25, -0.2) is 0 Å². The summed E-state index contributed by atoms with van der Waals surface area (Å²) >= 11 is 0. The summed E-state index contributed by atoms with van der Waals surface area (Å²) in [5.74, 6) is 0.788. The average molecular weight is 232 g/mol. The van der Waals surface area contributed by atoms with Crippen LogP contribution >= 0.6 is 0 Å². The van der Waals surface area contributed by atoms with E-state index >= 15 is 0 Å². The first-order valence-corrected chi connectivity index (χ1v) is 6.05. The van der Waals surface area contributed by atoms with Crippen LogP contribution in [0.1, 0.15) is 18.9 Å². The molecule has 17 heavy (non-hydrogen) atoms. The highest BCUT2D eigenvalue weighted by molar-refractivity contribution is 5.76. The van der Waals surface area contributed by atoms with E-state index in [9.17, 15) is 4.79 Å². The lowest BCUT2D eigenvalue weighted by atomic mass is 10.1. The van der Waals surface area contributed by atoms with Gasteiger partial charge in [0.15, 0.2) is 5.58 Å². The van der Waals surface area contributed by atoms with Gasteiger partial charge < -0.3 is 4.52 Å². The number of nitrogens with one attached hydrogen (secondary N) is 1. The van der Waals surface area contributed by atoms with Gasteiger partial charge in [0.05, 0.1) is 5.39 Å². The molecule has 1 atom stereocenters. The van der Waals surface area contributed by atoms with E-state index in [0.29, 0.717) is 11.0 Å². The number of aromatic nitrogens is 1. The smallest absolute Gasteiger partial charge is 0.287 e. The number of aromatic amines is 1. The monoisotopic (exact) mass is 232 g/mol. The minimum absolute atomic E-state index is 0.142. The molecule has 1 aliphatic heterocycles. The molecule has 3 rings (SSSR count). The standard InChI is InChI=1S/C13H16N2O2/c1-9-4-5-15(7-9)8-10-2-3-12-11(6-10)13(16)14-17-12/h2-3,6,9H,4-5,7-8H2,1H3,(H,14,16). The maximum atomic E-state index is 11.5. The summed E-state index contributed by atoms with van der Waals surface area (Å²) in [6.07, 6.45) is 1.27. The summed E-state index contributed by atoms with van der Waals surface area (Å²) < 4.78 is 5.04. The van der Waals surface area contributed by atoms with Crippen molar-refractivity contribution in [2.24, 2.45) is 5.92 Å². The molecule has 4 nitrogen and oxygen atoms in total. The predicted molar refractivity (Wildman–Crippen MR) is 65.9 cm³/mol. The van der Waals surface area contributed by atoms with Gasteiger partial charge in [-0.05, 0) is 36.6 Å². The van der Waals surface area contributed by atoms with Crippen LogP contribution in [0.15, 0.2) is 27.5 Å². The Bertz CT molecular complexity index is 584. The van der Waals surface area contributed by atoms with Crippen LogP contribution in [0.2, 0.25) is 0 Å². The Balaban J connectivity index is 1.85. The fourth-order valence-corrected chi connectivity index (χ4v) is 2.53. The molecule has 90 valence electrons. The lowest BCUT2D eigenvalue weighted by Gasteiger charge is -2.14. The van der Waals surface area contributed by atoms with Crippen molar-refractivity contribution in [3.05, 3.63) is 34.1 Å². The van der Waals surface area contributed by atoms with Crippen LogP contribution in [0.5, 0.6) is 0 Å². The van der Waals surface area contributed by atoms with Crippen molar-refractivity contribution in [3.63, 3.8) is 0 Å². The van der Waals surface area contributed by atoms with Crippen molar-refractivity contribution in [1.29, 1.82) is 0 Å². The molecule has 1 unspecified atom stereocenters. The third-order valence-electron chi connectivity index (χ3n) is 3.46. The molecule has 1 aromatic carbocycles. The first kappa shape index (κ1) is 10.6. The van der Waals surface area contributed by atoms with Crippen molar-refractivity contribution < 1.29 is 4.52 Å². The quantitative estimate of drug-likeness (QED) is 0.861. The molecule has 0 bridgehead atoms. The van der Waals surface area contributed by atoms with E-state index in [1.807, 2.05) is 18.2 Å².